The van der Waals surface area contributed by atoms with Crippen molar-refractivity contribution in [1.82, 2.24) is 8.61 Å². The molecule has 2 aliphatic rings. The minimum Gasteiger partial charge on any atom is -0.760 e. The van der Waals surface area contributed by atoms with Crippen molar-refractivity contribution in [2.45, 2.75) is 49.9 Å². The van der Waals surface area contributed by atoms with Crippen LogP contribution in [0.1, 0.15) is 48.5 Å². The van der Waals surface area contributed by atoms with Crippen molar-refractivity contribution in [1.29, 1.82) is 0 Å². The summed E-state index contributed by atoms with van der Waals surface area (Å²) in [4.78, 5) is 0. The van der Waals surface area contributed by atoms with Gasteiger partial charge in [-0.15, -0.1) is 0 Å². The highest BCUT2D eigenvalue weighted by Gasteiger charge is 2.35. The van der Waals surface area contributed by atoms with Gasteiger partial charge in [0.1, 0.15) is 11.1 Å². The molecule has 2 fully saturated rings. The number of benzene rings is 2. The Labute approximate surface area is 197 Å². The quantitative estimate of drug-likeness (QED) is 0.620. The number of hydrogen-bond donors (Lipinski definition) is 1. The molecule has 1 N–H and O–H groups in total. The fourth-order valence-corrected chi connectivity index (χ4v) is 7.13. The summed E-state index contributed by atoms with van der Waals surface area (Å²) < 4.78 is 66.6. The molecule has 0 bridgehead atoms. The summed E-state index contributed by atoms with van der Waals surface area (Å²) in [6.45, 7) is 1.25. The highest BCUT2D eigenvalue weighted by Crippen LogP contribution is 2.34. The van der Waals surface area contributed by atoms with Gasteiger partial charge in [-0.1, -0.05) is 42.8 Å². The van der Waals surface area contributed by atoms with Gasteiger partial charge in [-0.2, -0.15) is 4.31 Å². The average Bonchev–Trinajstić information content (AvgIpc) is 2.94. The van der Waals surface area contributed by atoms with Crippen molar-refractivity contribution in [3.8, 4) is 0 Å². The van der Waals surface area contributed by atoms with E-state index in [9.17, 15) is 21.6 Å². The van der Waals surface area contributed by atoms with Crippen molar-refractivity contribution in [3.63, 3.8) is 0 Å². The third kappa shape index (κ3) is 5.81. The minimum absolute atomic E-state index is 0.00544. The molecule has 0 amide bonds. The Balaban J connectivity index is 1.44. The molecule has 0 saturated carbocycles. The monoisotopic (exact) mass is 494 g/mol. The van der Waals surface area contributed by atoms with E-state index in [0.717, 1.165) is 18.4 Å². The standard InChI is InChI=1S/C23H30FN3O4S2/c24-22-16-21(25-20-11-14-26(15-12-20)32(28)29)10-9-19(22)17-27-13-5-4-8-23(33(27,30)31)18-6-2-1-3-7-18/h1-3,6-7,9-10,16,20,23,25H,4-5,8,11-15,17H2,(H,28,29)/p-1. The van der Waals surface area contributed by atoms with Crippen molar-refractivity contribution in [2.75, 3.05) is 25.0 Å². The molecule has 0 radical (unpaired) electrons. The molecule has 7 nitrogen and oxygen atoms in total. The van der Waals surface area contributed by atoms with Gasteiger partial charge in [0.05, 0.1) is 0 Å². The Morgan fingerprint density at radius 1 is 1.03 bits per heavy atom. The topological polar surface area (TPSA) is 92.8 Å². The fourth-order valence-electron chi connectivity index (χ4n) is 4.59. The number of anilines is 1. The Morgan fingerprint density at radius 2 is 1.76 bits per heavy atom. The van der Waals surface area contributed by atoms with E-state index < -0.39 is 32.4 Å². The molecule has 10 heteroatoms. The van der Waals surface area contributed by atoms with E-state index in [2.05, 4.69) is 5.32 Å². The summed E-state index contributed by atoms with van der Waals surface area (Å²) in [5.74, 6) is -0.450. The number of halogens is 1. The molecule has 180 valence electrons. The summed E-state index contributed by atoms with van der Waals surface area (Å²) >= 11 is -2.20. The predicted molar refractivity (Wildman–Crippen MR) is 126 cm³/mol. The SMILES string of the molecule is O=S([O-])N1CCC(Nc2ccc(CN3CCCCC(c4ccccc4)S3(=O)=O)c(F)c2)CC1. The van der Waals surface area contributed by atoms with Crippen LogP contribution in [0.3, 0.4) is 0 Å². The van der Waals surface area contributed by atoms with E-state index in [1.165, 1.54) is 14.7 Å². The van der Waals surface area contributed by atoms with Gasteiger partial charge in [-0.05, 0) is 43.4 Å². The van der Waals surface area contributed by atoms with Crippen LogP contribution < -0.4 is 5.32 Å². The smallest absolute Gasteiger partial charge is 0.221 e. The maximum atomic E-state index is 14.9. The van der Waals surface area contributed by atoms with E-state index in [0.29, 0.717) is 50.1 Å². The maximum Gasteiger partial charge on any atom is 0.221 e. The number of hydrogen-bond acceptors (Lipinski definition) is 5. The summed E-state index contributed by atoms with van der Waals surface area (Å²) in [5, 5.41) is 2.66. The molecular weight excluding hydrogens is 465 g/mol. The van der Waals surface area contributed by atoms with Crippen molar-refractivity contribution < 1.29 is 21.6 Å². The third-order valence-corrected chi connectivity index (χ3v) is 9.50. The van der Waals surface area contributed by atoms with Crippen LogP contribution in [0.5, 0.6) is 0 Å². The number of nitrogens with zero attached hydrogens (tertiary/aromatic N) is 2. The second-order valence-corrected chi connectivity index (χ2v) is 11.7. The molecular formula is C23H29FN3O4S2-. The lowest BCUT2D eigenvalue weighted by atomic mass is 10.1. The molecule has 0 spiro atoms. The largest absolute Gasteiger partial charge is 0.760 e. The fraction of sp³-hybridized carbons (Fsp3) is 0.478. The summed E-state index contributed by atoms with van der Waals surface area (Å²) in [6.07, 6.45) is 3.40. The van der Waals surface area contributed by atoms with Crippen LogP contribution in [0.2, 0.25) is 0 Å². The predicted octanol–water partition coefficient (Wildman–Crippen LogP) is 3.55. The van der Waals surface area contributed by atoms with E-state index >= 15 is 0 Å². The third-order valence-electron chi connectivity index (χ3n) is 6.45. The van der Waals surface area contributed by atoms with E-state index in [1.54, 1.807) is 12.1 Å². The molecule has 2 unspecified atom stereocenters. The van der Waals surface area contributed by atoms with Crippen LogP contribution in [0, 0.1) is 5.82 Å². The average molecular weight is 495 g/mol. The molecule has 0 aliphatic carbocycles. The first-order chi connectivity index (χ1) is 15.8. The van der Waals surface area contributed by atoms with E-state index in [4.69, 9.17) is 0 Å². The second kappa shape index (κ2) is 10.6. The Hall–Kier alpha value is -1.85. The lowest BCUT2D eigenvalue weighted by molar-refractivity contribution is 0.319. The molecule has 2 aliphatic heterocycles. The second-order valence-electron chi connectivity index (χ2n) is 8.64. The summed E-state index contributed by atoms with van der Waals surface area (Å²) in [6, 6.07) is 14.1. The molecule has 2 aromatic rings. The Morgan fingerprint density at radius 3 is 2.42 bits per heavy atom. The maximum absolute atomic E-state index is 14.9. The molecule has 4 rings (SSSR count). The van der Waals surface area contributed by atoms with E-state index in [-0.39, 0.29) is 12.6 Å². The molecule has 2 atom stereocenters. The van der Waals surface area contributed by atoms with Gasteiger partial charge in [-0.25, -0.2) is 17.1 Å². The lowest BCUT2D eigenvalue weighted by Crippen LogP contribution is -2.39. The van der Waals surface area contributed by atoms with Gasteiger partial charge >= 0.3 is 0 Å². The highest BCUT2D eigenvalue weighted by molar-refractivity contribution is 7.89. The number of nitrogens with one attached hydrogen (secondary N) is 1. The zero-order valence-electron chi connectivity index (χ0n) is 18.4. The van der Waals surface area contributed by atoms with Crippen LogP contribution in [-0.4, -0.2) is 51.5 Å². The number of sulfonamides is 1. The normalized spacial score (nSPS) is 23.6. The first kappa shape index (κ1) is 24.3. The van der Waals surface area contributed by atoms with Gasteiger partial charge in [0.15, 0.2) is 0 Å². The lowest BCUT2D eigenvalue weighted by Gasteiger charge is -2.33. The molecule has 2 saturated heterocycles. The first-order valence-corrected chi connectivity index (χ1v) is 13.8. The van der Waals surface area contributed by atoms with Crippen LogP contribution in [0.4, 0.5) is 10.1 Å². The summed E-state index contributed by atoms with van der Waals surface area (Å²) in [5.41, 5.74) is 1.73. The zero-order chi connectivity index (χ0) is 23.4. The van der Waals surface area contributed by atoms with Crippen molar-refractivity contribution in [2.24, 2.45) is 0 Å². The van der Waals surface area contributed by atoms with Gasteiger partial charge in [0.2, 0.25) is 10.0 Å². The number of piperidine rings is 1. The Kier molecular flexibility index (Phi) is 7.80. The van der Waals surface area contributed by atoms with Crippen LogP contribution in [0.15, 0.2) is 48.5 Å². The molecule has 2 aromatic carbocycles. The van der Waals surface area contributed by atoms with E-state index in [1.807, 2.05) is 30.3 Å². The Bertz CT molecular complexity index is 1080. The summed E-state index contributed by atoms with van der Waals surface area (Å²) in [7, 11) is -3.62. The van der Waals surface area contributed by atoms with Crippen LogP contribution in [0.25, 0.3) is 0 Å². The van der Waals surface area contributed by atoms with Gasteiger partial charge < -0.3 is 9.87 Å². The van der Waals surface area contributed by atoms with Gasteiger partial charge in [-0.3, -0.25) is 4.21 Å². The molecule has 2 heterocycles. The number of rotatable bonds is 6. The minimum atomic E-state index is -3.62. The zero-order valence-corrected chi connectivity index (χ0v) is 20.0. The van der Waals surface area contributed by atoms with Crippen LogP contribution in [-0.2, 0) is 27.8 Å². The molecule has 0 aromatic heterocycles. The van der Waals surface area contributed by atoms with Crippen molar-refractivity contribution >= 4 is 27.0 Å². The van der Waals surface area contributed by atoms with Crippen LogP contribution >= 0.6 is 0 Å². The van der Waals surface area contributed by atoms with Gasteiger partial charge in [0, 0.05) is 54.7 Å². The highest BCUT2D eigenvalue weighted by atomic mass is 32.2. The van der Waals surface area contributed by atoms with Gasteiger partial charge in [0.25, 0.3) is 0 Å². The molecule has 33 heavy (non-hydrogen) atoms. The van der Waals surface area contributed by atoms with Crippen molar-refractivity contribution in [3.05, 3.63) is 65.5 Å². The first-order valence-electron chi connectivity index (χ1n) is 11.3.